The number of Topliss-reactive ketones (excluding diaryl/α,β-unsaturated/α-hetero) is 1. The van der Waals surface area contributed by atoms with Crippen molar-refractivity contribution in [1.29, 1.82) is 0 Å². The number of hydrogen-bond acceptors (Lipinski definition) is 2. The molecule has 0 bridgehead atoms. The summed E-state index contributed by atoms with van der Waals surface area (Å²) in [5, 5.41) is 0.143. The topological polar surface area (TPSA) is 26.3 Å². The van der Waals surface area contributed by atoms with Gasteiger partial charge in [0.05, 0.1) is 5.02 Å². The van der Waals surface area contributed by atoms with E-state index >= 15 is 0 Å². The molecule has 21 heavy (non-hydrogen) atoms. The average molecular weight is 315 g/mol. The second-order valence-electron chi connectivity index (χ2n) is 4.25. The number of hydrogen-bond donors (Lipinski definition) is 0. The minimum atomic E-state index is -4.93. The second kappa shape index (κ2) is 6.18. The third kappa shape index (κ3) is 3.98. The van der Waals surface area contributed by atoms with E-state index in [1.807, 2.05) is 18.2 Å². The van der Waals surface area contributed by atoms with Gasteiger partial charge < -0.3 is 4.74 Å². The van der Waals surface area contributed by atoms with Crippen molar-refractivity contribution in [2.45, 2.75) is 12.8 Å². The first-order valence-corrected chi connectivity index (χ1v) is 6.33. The van der Waals surface area contributed by atoms with E-state index in [1.165, 1.54) is 6.07 Å². The van der Waals surface area contributed by atoms with Gasteiger partial charge >= 0.3 is 6.18 Å². The monoisotopic (exact) mass is 314 g/mol. The molecule has 6 heteroatoms. The maximum absolute atomic E-state index is 12.4. The Hall–Kier alpha value is -2.01. The molecular weight excluding hydrogens is 305 g/mol. The van der Waals surface area contributed by atoms with Crippen LogP contribution in [0.15, 0.2) is 48.5 Å². The molecule has 0 radical (unpaired) electrons. The Bertz CT molecular complexity index is 639. The molecule has 0 aromatic heterocycles. The molecule has 2 aromatic rings. The highest BCUT2D eigenvalue weighted by Crippen LogP contribution is 2.29. The van der Waals surface area contributed by atoms with Crippen LogP contribution < -0.4 is 4.74 Å². The first kappa shape index (κ1) is 15.4. The summed E-state index contributed by atoms with van der Waals surface area (Å²) in [5.74, 6) is -1.89. The highest BCUT2D eigenvalue weighted by Gasteiger charge is 2.39. The summed E-state index contributed by atoms with van der Waals surface area (Å²) in [4.78, 5) is 11.2. The van der Waals surface area contributed by atoms with Gasteiger partial charge in [-0.1, -0.05) is 41.9 Å². The molecular formula is C15H10ClF3O2. The van der Waals surface area contributed by atoms with E-state index in [4.69, 9.17) is 16.3 Å². The second-order valence-corrected chi connectivity index (χ2v) is 4.65. The standard InChI is InChI=1S/C15H10ClF3O2/c16-12-7-6-11(14(20)15(17,18)19)8-13(12)21-9-10-4-2-1-3-5-10/h1-8H,9H2. The van der Waals surface area contributed by atoms with Gasteiger partial charge in [0.25, 0.3) is 5.78 Å². The van der Waals surface area contributed by atoms with Crippen LogP contribution in [0.25, 0.3) is 0 Å². The van der Waals surface area contributed by atoms with Gasteiger partial charge in [-0.3, -0.25) is 4.79 Å². The first-order valence-electron chi connectivity index (χ1n) is 5.96. The Morgan fingerprint density at radius 3 is 2.38 bits per heavy atom. The van der Waals surface area contributed by atoms with Crippen LogP contribution in [-0.2, 0) is 6.61 Å². The molecule has 110 valence electrons. The fourth-order valence-corrected chi connectivity index (χ4v) is 1.83. The molecule has 2 rings (SSSR count). The van der Waals surface area contributed by atoms with Crippen LogP contribution in [0.1, 0.15) is 15.9 Å². The minimum Gasteiger partial charge on any atom is -0.487 e. The zero-order chi connectivity index (χ0) is 15.5. The third-order valence-corrected chi connectivity index (χ3v) is 3.00. The van der Waals surface area contributed by atoms with Crippen molar-refractivity contribution in [3.05, 3.63) is 64.7 Å². The van der Waals surface area contributed by atoms with E-state index in [1.54, 1.807) is 12.1 Å². The molecule has 0 N–H and O–H groups in total. The zero-order valence-electron chi connectivity index (χ0n) is 10.7. The van der Waals surface area contributed by atoms with Gasteiger partial charge in [0, 0.05) is 5.56 Å². The number of carbonyl (C=O) groups excluding carboxylic acids is 1. The van der Waals surface area contributed by atoms with E-state index in [-0.39, 0.29) is 17.4 Å². The van der Waals surface area contributed by atoms with Gasteiger partial charge in [-0.05, 0) is 23.8 Å². The Morgan fingerprint density at radius 2 is 1.76 bits per heavy atom. The molecule has 2 aromatic carbocycles. The molecule has 0 aliphatic heterocycles. The summed E-state index contributed by atoms with van der Waals surface area (Å²) < 4.78 is 42.6. The summed E-state index contributed by atoms with van der Waals surface area (Å²) >= 11 is 5.86. The lowest BCUT2D eigenvalue weighted by Crippen LogP contribution is -2.22. The lowest BCUT2D eigenvalue weighted by Gasteiger charge is -2.11. The maximum atomic E-state index is 12.4. The van der Waals surface area contributed by atoms with E-state index in [0.29, 0.717) is 0 Å². The Morgan fingerprint density at radius 1 is 1.10 bits per heavy atom. The molecule has 0 aliphatic rings. The number of ether oxygens (including phenoxy) is 1. The molecule has 0 fully saturated rings. The number of benzene rings is 2. The van der Waals surface area contributed by atoms with E-state index in [0.717, 1.165) is 17.7 Å². The molecule has 0 amide bonds. The van der Waals surface area contributed by atoms with Crippen molar-refractivity contribution in [2.75, 3.05) is 0 Å². The molecule has 0 aliphatic carbocycles. The highest BCUT2D eigenvalue weighted by atomic mass is 35.5. The van der Waals surface area contributed by atoms with E-state index in [9.17, 15) is 18.0 Å². The molecule has 2 nitrogen and oxygen atoms in total. The molecule has 0 saturated heterocycles. The molecule has 0 heterocycles. The van der Waals surface area contributed by atoms with Crippen molar-refractivity contribution >= 4 is 17.4 Å². The van der Waals surface area contributed by atoms with E-state index in [2.05, 4.69) is 0 Å². The smallest absolute Gasteiger partial charge is 0.454 e. The molecule has 0 unspecified atom stereocenters. The van der Waals surface area contributed by atoms with Crippen LogP contribution in [-0.4, -0.2) is 12.0 Å². The zero-order valence-corrected chi connectivity index (χ0v) is 11.4. The summed E-state index contributed by atoms with van der Waals surface area (Å²) in [5.41, 5.74) is 0.330. The van der Waals surface area contributed by atoms with Gasteiger partial charge in [0.2, 0.25) is 0 Å². The summed E-state index contributed by atoms with van der Waals surface area (Å²) in [7, 11) is 0. The van der Waals surface area contributed by atoms with Crippen LogP contribution in [0.4, 0.5) is 13.2 Å². The van der Waals surface area contributed by atoms with Crippen molar-refractivity contribution in [2.24, 2.45) is 0 Å². The maximum Gasteiger partial charge on any atom is 0.454 e. The number of carbonyl (C=O) groups is 1. The number of rotatable bonds is 4. The fourth-order valence-electron chi connectivity index (χ4n) is 1.65. The number of alkyl halides is 3. The van der Waals surface area contributed by atoms with Crippen molar-refractivity contribution in [3.63, 3.8) is 0 Å². The lowest BCUT2D eigenvalue weighted by atomic mass is 10.1. The van der Waals surface area contributed by atoms with Gasteiger partial charge in [-0.15, -0.1) is 0 Å². The normalized spacial score (nSPS) is 11.2. The van der Waals surface area contributed by atoms with Gasteiger partial charge in [-0.2, -0.15) is 13.2 Å². The minimum absolute atomic E-state index is 0.0376. The SMILES string of the molecule is O=C(c1ccc(Cl)c(OCc2ccccc2)c1)C(F)(F)F. The average Bonchev–Trinajstić information content (AvgIpc) is 2.46. The molecule has 0 spiro atoms. The van der Waals surface area contributed by atoms with Crippen molar-refractivity contribution in [3.8, 4) is 5.75 Å². The fraction of sp³-hybridized carbons (Fsp3) is 0.133. The number of halogens is 4. The van der Waals surface area contributed by atoms with Crippen molar-refractivity contribution < 1.29 is 22.7 Å². The quantitative estimate of drug-likeness (QED) is 0.767. The van der Waals surface area contributed by atoms with Crippen molar-refractivity contribution in [1.82, 2.24) is 0 Å². The highest BCUT2D eigenvalue weighted by molar-refractivity contribution is 6.32. The van der Waals surface area contributed by atoms with Crippen LogP contribution >= 0.6 is 11.6 Å². The Labute approximate surface area is 124 Å². The molecule has 0 saturated carbocycles. The van der Waals surface area contributed by atoms with Crippen LogP contribution in [0.5, 0.6) is 5.75 Å². The Kier molecular flexibility index (Phi) is 4.53. The predicted octanol–water partition coefficient (Wildman–Crippen LogP) is 4.66. The first-order chi connectivity index (χ1) is 9.88. The van der Waals surface area contributed by atoms with Crippen LogP contribution in [0.2, 0.25) is 5.02 Å². The predicted molar refractivity (Wildman–Crippen MR) is 72.6 cm³/mol. The van der Waals surface area contributed by atoms with E-state index < -0.39 is 17.5 Å². The lowest BCUT2D eigenvalue weighted by molar-refractivity contribution is -0.0885. The summed E-state index contributed by atoms with van der Waals surface area (Å²) in [6.45, 7) is 0.143. The van der Waals surface area contributed by atoms with Gasteiger partial charge in [0.1, 0.15) is 12.4 Å². The third-order valence-electron chi connectivity index (χ3n) is 2.69. The van der Waals surface area contributed by atoms with Crippen LogP contribution in [0.3, 0.4) is 0 Å². The molecule has 0 atom stereocenters. The summed E-state index contributed by atoms with van der Waals surface area (Å²) in [6, 6.07) is 12.3. The van der Waals surface area contributed by atoms with Crippen LogP contribution in [0, 0.1) is 0 Å². The largest absolute Gasteiger partial charge is 0.487 e. The summed E-state index contributed by atoms with van der Waals surface area (Å²) in [6.07, 6.45) is -4.93. The van der Waals surface area contributed by atoms with Gasteiger partial charge in [-0.25, -0.2) is 0 Å². The van der Waals surface area contributed by atoms with Gasteiger partial charge in [0.15, 0.2) is 0 Å². The Balaban J connectivity index is 2.18. The number of ketones is 1.